The highest BCUT2D eigenvalue weighted by molar-refractivity contribution is 5.37. The van der Waals surface area contributed by atoms with Gasteiger partial charge < -0.3 is 9.64 Å². The molecular weight excluding hydrogens is 340 g/mol. The third kappa shape index (κ3) is 12.3. The van der Waals surface area contributed by atoms with Crippen molar-refractivity contribution in [2.45, 2.75) is 34.6 Å². The molecule has 7 heteroatoms. The van der Waals surface area contributed by atoms with Gasteiger partial charge in [0.25, 0.3) is 0 Å². The van der Waals surface area contributed by atoms with Crippen LogP contribution >= 0.6 is 0 Å². The topological polar surface area (TPSA) is 82.7 Å². The van der Waals surface area contributed by atoms with Gasteiger partial charge in [-0.25, -0.2) is 4.98 Å². The maximum absolute atomic E-state index is 5.25. The summed E-state index contributed by atoms with van der Waals surface area (Å²) in [6, 6.07) is 9.73. The van der Waals surface area contributed by atoms with Crippen LogP contribution < -0.4 is 4.90 Å². The van der Waals surface area contributed by atoms with Gasteiger partial charge >= 0.3 is 0 Å². The van der Waals surface area contributed by atoms with Crippen LogP contribution in [0.15, 0.2) is 55.1 Å². The van der Waals surface area contributed by atoms with Crippen molar-refractivity contribution >= 4 is 5.82 Å². The predicted octanol–water partition coefficient (Wildman–Crippen LogP) is 4.10. The average Bonchev–Trinajstić information content (AvgIpc) is 3.50. The van der Waals surface area contributed by atoms with E-state index < -0.39 is 0 Å². The zero-order chi connectivity index (χ0) is 20.2. The number of pyridine rings is 1. The monoisotopic (exact) mass is 374 g/mol. The Morgan fingerprint density at radius 3 is 2.00 bits per heavy atom. The van der Waals surface area contributed by atoms with E-state index in [4.69, 9.17) is 4.74 Å². The highest BCUT2D eigenvalue weighted by atomic mass is 16.5. The molecule has 0 bridgehead atoms. The van der Waals surface area contributed by atoms with Crippen molar-refractivity contribution in [1.29, 1.82) is 0 Å². The van der Waals surface area contributed by atoms with Crippen molar-refractivity contribution < 1.29 is 4.74 Å². The highest BCUT2D eigenvalue weighted by Crippen LogP contribution is 2.10. The minimum absolute atomic E-state index is 0.816. The molecule has 0 aliphatic carbocycles. The Morgan fingerprint density at radius 2 is 1.63 bits per heavy atom. The Morgan fingerprint density at radius 1 is 0.889 bits per heavy atom. The lowest BCUT2D eigenvalue weighted by molar-refractivity contribution is 0.122. The number of hydrogen-bond acceptors (Lipinski definition) is 5. The number of nitrogens with zero attached hydrogens (tertiary/aromatic N) is 4. The summed E-state index contributed by atoms with van der Waals surface area (Å²) in [4.78, 5) is 6.51. The number of ether oxygens (including phenoxy) is 1. The van der Waals surface area contributed by atoms with Gasteiger partial charge in [0.1, 0.15) is 5.82 Å². The molecule has 3 aromatic rings. The van der Waals surface area contributed by atoms with Crippen LogP contribution in [0, 0.1) is 6.92 Å². The number of nitrogens with one attached hydrogen (secondary N) is 2. The van der Waals surface area contributed by atoms with Gasteiger partial charge in [-0.05, 0) is 31.2 Å². The second-order valence-corrected chi connectivity index (χ2v) is 4.79. The highest BCUT2D eigenvalue weighted by Gasteiger charge is 2.10. The lowest BCUT2D eigenvalue weighted by Crippen LogP contribution is -2.36. The summed E-state index contributed by atoms with van der Waals surface area (Å²) in [5, 5.41) is 12.7. The maximum atomic E-state index is 5.25. The molecule has 1 aliphatic rings. The molecule has 0 unspecified atom stereocenters. The zero-order valence-electron chi connectivity index (χ0n) is 17.2. The van der Waals surface area contributed by atoms with E-state index in [0.29, 0.717) is 0 Å². The molecule has 1 aliphatic heterocycles. The van der Waals surface area contributed by atoms with Crippen LogP contribution in [-0.4, -0.2) is 51.7 Å². The Balaban J connectivity index is 0.000000380. The van der Waals surface area contributed by atoms with Crippen LogP contribution in [-0.2, 0) is 4.74 Å². The number of aryl methyl sites for hydroxylation is 1. The van der Waals surface area contributed by atoms with Gasteiger partial charge in [0.2, 0.25) is 0 Å². The lowest BCUT2D eigenvalue weighted by atomic mass is 10.4. The van der Waals surface area contributed by atoms with Crippen LogP contribution in [0.4, 0.5) is 5.82 Å². The summed E-state index contributed by atoms with van der Waals surface area (Å²) in [7, 11) is 0. The number of H-pyrrole nitrogens is 2. The van der Waals surface area contributed by atoms with Gasteiger partial charge in [-0.2, -0.15) is 10.2 Å². The first-order valence-corrected chi connectivity index (χ1v) is 9.49. The van der Waals surface area contributed by atoms with Crippen LogP contribution in [0.5, 0.6) is 0 Å². The summed E-state index contributed by atoms with van der Waals surface area (Å²) in [6.07, 6.45) is 7.01. The first-order valence-electron chi connectivity index (χ1n) is 9.49. The summed E-state index contributed by atoms with van der Waals surface area (Å²) in [6.45, 7) is 13.5. The third-order valence-electron chi connectivity index (χ3n) is 3.03. The minimum Gasteiger partial charge on any atom is -0.378 e. The fourth-order valence-corrected chi connectivity index (χ4v) is 1.87. The van der Waals surface area contributed by atoms with Crippen molar-refractivity contribution in [3.8, 4) is 0 Å². The van der Waals surface area contributed by atoms with Gasteiger partial charge in [0.15, 0.2) is 0 Å². The Hall–Kier alpha value is -2.67. The quantitative estimate of drug-likeness (QED) is 0.670. The van der Waals surface area contributed by atoms with E-state index in [9.17, 15) is 0 Å². The molecule has 4 heterocycles. The number of rotatable bonds is 1. The van der Waals surface area contributed by atoms with E-state index in [1.165, 1.54) is 0 Å². The average molecular weight is 375 g/mol. The normalized spacial score (nSPS) is 11.8. The van der Waals surface area contributed by atoms with Crippen molar-refractivity contribution in [3.63, 3.8) is 0 Å². The molecular formula is C20H34N6O. The molecule has 0 radical (unpaired) electrons. The Labute approximate surface area is 163 Å². The fraction of sp³-hybridized carbons (Fsp3) is 0.450. The number of aromatic amines is 2. The maximum Gasteiger partial charge on any atom is 0.128 e. The van der Waals surface area contributed by atoms with Gasteiger partial charge in [0, 0.05) is 43.6 Å². The van der Waals surface area contributed by atoms with E-state index in [1.54, 1.807) is 18.6 Å². The van der Waals surface area contributed by atoms with Crippen molar-refractivity contribution in [2.75, 3.05) is 31.2 Å². The molecule has 3 aromatic heterocycles. The first kappa shape index (κ1) is 24.3. The van der Waals surface area contributed by atoms with Gasteiger partial charge in [-0.15, -0.1) is 0 Å². The molecule has 0 spiro atoms. The molecule has 0 amide bonds. The number of hydrogen-bond donors (Lipinski definition) is 2. The largest absolute Gasteiger partial charge is 0.378 e. The van der Waals surface area contributed by atoms with Crippen LogP contribution in [0.1, 0.15) is 33.4 Å². The summed E-state index contributed by atoms with van der Waals surface area (Å²) in [5.41, 5.74) is 1.11. The second kappa shape index (κ2) is 18.1. The van der Waals surface area contributed by atoms with Gasteiger partial charge in [-0.1, -0.05) is 33.8 Å². The summed E-state index contributed by atoms with van der Waals surface area (Å²) in [5.74, 6) is 1.06. The van der Waals surface area contributed by atoms with Crippen molar-refractivity contribution in [2.24, 2.45) is 0 Å². The van der Waals surface area contributed by atoms with Gasteiger partial charge in [-0.3, -0.25) is 10.2 Å². The Kier molecular flexibility index (Phi) is 16.3. The van der Waals surface area contributed by atoms with Crippen molar-refractivity contribution in [1.82, 2.24) is 25.4 Å². The molecule has 0 atom stereocenters. The fourth-order valence-electron chi connectivity index (χ4n) is 1.87. The molecule has 150 valence electrons. The minimum atomic E-state index is 0.816. The molecule has 4 rings (SSSR count). The smallest absolute Gasteiger partial charge is 0.128 e. The lowest BCUT2D eigenvalue weighted by Gasteiger charge is -2.27. The third-order valence-corrected chi connectivity index (χ3v) is 3.03. The molecule has 7 nitrogen and oxygen atoms in total. The summed E-state index contributed by atoms with van der Waals surface area (Å²) < 4.78 is 5.25. The predicted molar refractivity (Wildman–Crippen MR) is 112 cm³/mol. The van der Waals surface area contributed by atoms with Crippen LogP contribution in [0.2, 0.25) is 0 Å². The number of morpholine rings is 1. The molecule has 0 saturated carbocycles. The standard InChI is InChI=1S/C9H12N2O.C4H6N2.C3H4N2.2C2H6/c1-2-4-10-9(3-1)11-5-7-12-8-6-11;1-4-2-3-5-6-4;1-2-4-5-3-1;2*1-2/h1-4H,5-8H2;2-3H,1H3,(H,5,6);1-3H,(H,4,5);2*1-2H3. The van der Waals surface area contributed by atoms with Crippen LogP contribution in [0.3, 0.4) is 0 Å². The Bertz CT molecular complexity index is 575. The summed E-state index contributed by atoms with van der Waals surface area (Å²) >= 11 is 0. The second-order valence-electron chi connectivity index (χ2n) is 4.79. The molecule has 1 saturated heterocycles. The van der Waals surface area contributed by atoms with Crippen molar-refractivity contribution in [3.05, 3.63) is 60.8 Å². The van der Waals surface area contributed by atoms with E-state index >= 15 is 0 Å². The van der Waals surface area contributed by atoms with E-state index in [0.717, 1.165) is 37.8 Å². The van der Waals surface area contributed by atoms with E-state index in [1.807, 2.05) is 71.1 Å². The van der Waals surface area contributed by atoms with Gasteiger partial charge in [0.05, 0.1) is 13.2 Å². The van der Waals surface area contributed by atoms with E-state index in [2.05, 4.69) is 30.3 Å². The van der Waals surface area contributed by atoms with E-state index in [-0.39, 0.29) is 0 Å². The molecule has 27 heavy (non-hydrogen) atoms. The SMILES string of the molecule is CC.CC.Cc1ccn[nH]1.c1ccc(N2CCOCC2)nc1.c1cn[nH]c1. The first-order chi connectivity index (χ1) is 13.4. The molecule has 2 N–H and O–H groups in total. The van der Waals surface area contributed by atoms with Crippen LogP contribution in [0.25, 0.3) is 0 Å². The molecule has 1 fully saturated rings. The number of aromatic nitrogens is 5. The zero-order valence-corrected chi connectivity index (χ0v) is 17.2. The number of anilines is 1. The molecule has 0 aromatic carbocycles.